The van der Waals surface area contributed by atoms with E-state index >= 15 is 0 Å². The molecule has 0 saturated carbocycles. The first-order valence-electron chi connectivity index (χ1n) is 12.1. The minimum atomic E-state index is -3.44. The van der Waals surface area contributed by atoms with Crippen LogP contribution in [-0.2, 0) is 23.0 Å². The summed E-state index contributed by atoms with van der Waals surface area (Å²) in [6, 6.07) is 24.8. The fourth-order valence-corrected chi connectivity index (χ4v) is 5.68. The highest BCUT2D eigenvalue weighted by Crippen LogP contribution is 2.18. The van der Waals surface area contributed by atoms with Gasteiger partial charge in [-0.25, -0.2) is 8.42 Å². The van der Waals surface area contributed by atoms with Crippen molar-refractivity contribution in [3.8, 4) is 0 Å². The largest absolute Gasteiger partial charge is 0.352 e. The van der Waals surface area contributed by atoms with Crippen molar-refractivity contribution in [3.63, 3.8) is 0 Å². The Bertz CT molecular complexity index is 1200. The molecule has 0 atom stereocenters. The van der Waals surface area contributed by atoms with Gasteiger partial charge in [-0.05, 0) is 55.2 Å². The van der Waals surface area contributed by atoms with Crippen molar-refractivity contribution in [2.75, 3.05) is 32.7 Å². The van der Waals surface area contributed by atoms with Gasteiger partial charge in [-0.1, -0.05) is 60.2 Å². The van der Waals surface area contributed by atoms with Gasteiger partial charge in [0.15, 0.2) is 0 Å². The van der Waals surface area contributed by atoms with Gasteiger partial charge in [0.05, 0.1) is 4.90 Å². The molecule has 1 fully saturated rings. The Morgan fingerprint density at radius 3 is 2.11 bits per heavy atom. The third-order valence-corrected chi connectivity index (χ3v) is 8.30. The van der Waals surface area contributed by atoms with Gasteiger partial charge in [0.2, 0.25) is 10.0 Å². The van der Waals surface area contributed by atoms with Crippen molar-refractivity contribution >= 4 is 15.9 Å². The molecule has 4 rings (SSSR count). The highest BCUT2D eigenvalue weighted by molar-refractivity contribution is 7.89. The number of aryl methyl sites for hydroxylation is 2. The van der Waals surface area contributed by atoms with Crippen molar-refractivity contribution < 1.29 is 13.2 Å². The van der Waals surface area contributed by atoms with Crippen molar-refractivity contribution in [1.29, 1.82) is 0 Å². The van der Waals surface area contributed by atoms with Gasteiger partial charge in [0, 0.05) is 44.8 Å². The van der Waals surface area contributed by atoms with E-state index in [2.05, 4.69) is 41.4 Å². The summed E-state index contributed by atoms with van der Waals surface area (Å²) >= 11 is 0. The van der Waals surface area contributed by atoms with Crippen LogP contribution in [0.1, 0.15) is 33.5 Å². The van der Waals surface area contributed by atoms with Gasteiger partial charge in [-0.3, -0.25) is 9.69 Å². The lowest BCUT2D eigenvalue weighted by Crippen LogP contribution is -2.48. The molecule has 0 radical (unpaired) electrons. The van der Waals surface area contributed by atoms with Crippen LogP contribution in [0.15, 0.2) is 83.8 Å². The maximum atomic E-state index is 12.8. The van der Waals surface area contributed by atoms with E-state index in [1.54, 1.807) is 28.6 Å². The Morgan fingerprint density at radius 2 is 1.46 bits per heavy atom. The summed E-state index contributed by atoms with van der Waals surface area (Å²) in [5.74, 6) is -0.0554. The summed E-state index contributed by atoms with van der Waals surface area (Å²) < 4.78 is 27.2. The van der Waals surface area contributed by atoms with Gasteiger partial charge >= 0.3 is 0 Å². The van der Waals surface area contributed by atoms with E-state index in [1.165, 1.54) is 11.1 Å². The number of hydrogen-bond donors (Lipinski definition) is 1. The van der Waals surface area contributed by atoms with E-state index in [4.69, 9.17) is 0 Å². The number of carbonyl (C=O) groups is 1. The molecule has 3 aromatic carbocycles. The monoisotopic (exact) mass is 491 g/mol. The molecular formula is C28H33N3O3S. The molecule has 1 heterocycles. The molecule has 0 spiro atoms. The number of nitrogens with zero attached hydrogens (tertiary/aromatic N) is 2. The van der Waals surface area contributed by atoms with Crippen LogP contribution in [0.25, 0.3) is 0 Å². The van der Waals surface area contributed by atoms with E-state index < -0.39 is 10.0 Å². The molecule has 1 aliphatic heterocycles. The molecule has 0 aromatic heterocycles. The van der Waals surface area contributed by atoms with Crippen LogP contribution in [0, 0.1) is 6.92 Å². The normalized spacial score (nSPS) is 15.1. The second kappa shape index (κ2) is 11.6. The van der Waals surface area contributed by atoms with Gasteiger partial charge < -0.3 is 5.32 Å². The molecule has 1 aliphatic rings. The second-order valence-corrected chi connectivity index (χ2v) is 11.0. The number of amides is 1. The summed E-state index contributed by atoms with van der Waals surface area (Å²) in [5.41, 5.74) is 4.31. The highest BCUT2D eigenvalue weighted by atomic mass is 32.2. The van der Waals surface area contributed by atoms with E-state index in [9.17, 15) is 13.2 Å². The average Bonchev–Trinajstić information content (AvgIpc) is 2.89. The minimum Gasteiger partial charge on any atom is -0.352 e. The van der Waals surface area contributed by atoms with Crippen molar-refractivity contribution in [1.82, 2.24) is 14.5 Å². The molecule has 7 heteroatoms. The third-order valence-electron chi connectivity index (χ3n) is 6.38. The first-order chi connectivity index (χ1) is 16.9. The van der Waals surface area contributed by atoms with Crippen LogP contribution in [0.5, 0.6) is 0 Å². The average molecular weight is 492 g/mol. The molecule has 1 N–H and O–H groups in total. The van der Waals surface area contributed by atoms with Crippen LogP contribution in [0.3, 0.4) is 0 Å². The number of carbonyl (C=O) groups excluding carboxylic acids is 1. The molecule has 35 heavy (non-hydrogen) atoms. The topological polar surface area (TPSA) is 69.7 Å². The molecule has 184 valence electrons. The smallest absolute Gasteiger partial charge is 0.251 e. The van der Waals surface area contributed by atoms with Gasteiger partial charge in [0.1, 0.15) is 0 Å². The highest BCUT2D eigenvalue weighted by Gasteiger charge is 2.28. The molecule has 0 aliphatic carbocycles. The Kier molecular flexibility index (Phi) is 8.33. The second-order valence-electron chi connectivity index (χ2n) is 9.04. The van der Waals surface area contributed by atoms with E-state index in [1.807, 2.05) is 30.3 Å². The summed E-state index contributed by atoms with van der Waals surface area (Å²) in [5, 5.41) is 3.00. The van der Waals surface area contributed by atoms with Gasteiger partial charge in [-0.2, -0.15) is 4.31 Å². The van der Waals surface area contributed by atoms with Crippen molar-refractivity contribution in [2.45, 2.75) is 31.2 Å². The van der Waals surface area contributed by atoms with Crippen molar-refractivity contribution in [3.05, 3.63) is 101 Å². The zero-order chi connectivity index (χ0) is 24.7. The summed E-state index contributed by atoms with van der Waals surface area (Å²) in [6.07, 6.45) is 1.85. The number of sulfonamides is 1. The lowest BCUT2D eigenvalue weighted by Gasteiger charge is -2.34. The first-order valence-corrected chi connectivity index (χ1v) is 13.6. The predicted octanol–water partition coefficient (Wildman–Crippen LogP) is 3.86. The number of piperazine rings is 1. The predicted molar refractivity (Wildman–Crippen MR) is 139 cm³/mol. The van der Waals surface area contributed by atoms with Crippen molar-refractivity contribution in [2.24, 2.45) is 0 Å². The SMILES string of the molecule is Cc1ccc(CCCNC(=O)c2ccc(CN3CCN(S(=O)(=O)c4ccccc4)CC3)cc2)cc1. The molecule has 1 saturated heterocycles. The van der Waals surface area contributed by atoms with Gasteiger partial charge in [-0.15, -0.1) is 0 Å². The third kappa shape index (κ3) is 6.78. The fraction of sp³-hybridized carbons (Fsp3) is 0.321. The Morgan fingerprint density at radius 1 is 0.829 bits per heavy atom. The number of hydrogen-bond acceptors (Lipinski definition) is 4. The van der Waals surface area contributed by atoms with Crippen LogP contribution in [0.4, 0.5) is 0 Å². The van der Waals surface area contributed by atoms with Gasteiger partial charge in [0.25, 0.3) is 5.91 Å². The summed E-state index contributed by atoms with van der Waals surface area (Å²) in [7, 11) is -3.44. The quantitative estimate of drug-likeness (QED) is 0.462. The Balaban J connectivity index is 1.21. The Hall–Kier alpha value is -3.00. The molecule has 1 amide bonds. The maximum Gasteiger partial charge on any atom is 0.251 e. The number of rotatable bonds is 9. The van der Waals surface area contributed by atoms with Crippen LogP contribution < -0.4 is 5.32 Å². The molecule has 3 aromatic rings. The van der Waals surface area contributed by atoms with Crippen LogP contribution in [-0.4, -0.2) is 56.3 Å². The zero-order valence-corrected chi connectivity index (χ0v) is 21.0. The first kappa shape index (κ1) is 25.1. The molecule has 0 unspecified atom stereocenters. The molecular weight excluding hydrogens is 458 g/mol. The molecule has 6 nitrogen and oxygen atoms in total. The number of nitrogens with one attached hydrogen (secondary N) is 1. The maximum absolute atomic E-state index is 12.8. The van der Waals surface area contributed by atoms with E-state index in [-0.39, 0.29) is 5.91 Å². The van der Waals surface area contributed by atoms with Crippen LogP contribution >= 0.6 is 0 Å². The molecule has 0 bridgehead atoms. The lowest BCUT2D eigenvalue weighted by molar-refractivity contribution is 0.0953. The standard InChI is InChI=1S/C28H33N3O3S/c1-23-9-11-24(12-10-23)6-5-17-29-28(32)26-15-13-25(14-16-26)22-30-18-20-31(21-19-30)35(33,34)27-7-3-2-4-8-27/h2-4,7-16H,5-6,17-22H2,1H3,(H,29,32). The Labute approximate surface area is 208 Å². The summed E-state index contributed by atoms with van der Waals surface area (Å²) in [4.78, 5) is 15.1. The minimum absolute atomic E-state index is 0.0554. The fourth-order valence-electron chi connectivity index (χ4n) is 4.24. The van der Waals surface area contributed by atoms with Crippen LogP contribution in [0.2, 0.25) is 0 Å². The number of benzene rings is 3. The van der Waals surface area contributed by atoms with E-state index in [0.29, 0.717) is 43.2 Å². The lowest BCUT2D eigenvalue weighted by atomic mass is 10.1. The van der Waals surface area contributed by atoms with E-state index in [0.717, 1.165) is 24.9 Å². The summed E-state index contributed by atoms with van der Waals surface area (Å²) in [6.45, 7) is 5.75. The zero-order valence-electron chi connectivity index (χ0n) is 20.2.